The number of carbonyl (C=O) groups is 1. The van der Waals surface area contributed by atoms with Crippen LogP contribution in [0.3, 0.4) is 0 Å². The molecule has 9 heteroatoms. The maximum absolute atomic E-state index is 12.3. The van der Waals surface area contributed by atoms with Crippen LogP contribution in [0.15, 0.2) is 48.5 Å². The molecule has 0 unspecified atom stereocenters. The van der Waals surface area contributed by atoms with Gasteiger partial charge in [0, 0.05) is 5.69 Å². The summed E-state index contributed by atoms with van der Waals surface area (Å²) in [6.45, 7) is 3.81. The molecule has 0 saturated carbocycles. The molecule has 0 aliphatic heterocycles. The van der Waals surface area contributed by atoms with Gasteiger partial charge in [0.25, 0.3) is 5.91 Å². The highest BCUT2D eigenvalue weighted by molar-refractivity contribution is 7.80. The summed E-state index contributed by atoms with van der Waals surface area (Å²) in [4.78, 5) is 12.3. The van der Waals surface area contributed by atoms with Gasteiger partial charge >= 0.3 is 0 Å². The Hall–Kier alpha value is -1.73. The number of anilines is 1. The second-order valence-electron chi connectivity index (χ2n) is 6.29. The minimum atomic E-state index is -1.84. The lowest BCUT2D eigenvalue weighted by Crippen LogP contribution is -2.56. The number of benzene rings is 2. The van der Waals surface area contributed by atoms with Crippen molar-refractivity contribution in [3.8, 4) is 5.75 Å². The van der Waals surface area contributed by atoms with Gasteiger partial charge < -0.3 is 20.7 Å². The molecule has 0 fully saturated rings. The first-order valence-electron chi connectivity index (χ1n) is 8.89. The Morgan fingerprint density at radius 1 is 1.07 bits per heavy atom. The minimum Gasteiger partial charge on any atom is -0.484 e. The fourth-order valence-electron chi connectivity index (χ4n) is 2.31. The summed E-state index contributed by atoms with van der Waals surface area (Å²) >= 11 is 23.2. The van der Waals surface area contributed by atoms with Crippen LogP contribution >= 0.6 is 47.0 Å². The van der Waals surface area contributed by atoms with Crippen molar-refractivity contribution in [3.63, 3.8) is 0 Å². The summed E-state index contributed by atoms with van der Waals surface area (Å²) in [6.07, 6.45) is -0.134. The third-order valence-electron chi connectivity index (χ3n) is 3.92. The molecule has 3 N–H and O–H groups in total. The Bertz CT molecular complexity index is 824. The number of rotatable bonds is 7. The molecular formula is C20H22Cl3N3O2S. The first kappa shape index (κ1) is 23.5. The fourth-order valence-corrected chi connectivity index (χ4v) is 2.87. The average Bonchev–Trinajstić information content (AvgIpc) is 2.67. The van der Waals surface area contributed by atoms with Crippen molar-refractivity contribution in [3.05, 3.63) is 59.7 Å². The molecule has 5 nitrogen and oxygen atoms in total. The van der Waals surface area contributed by atoms with Gasteiger partial charge in [-0.3, -0.25) is 4.79 Å². The van der Waals surface area contributed by atoms with Gasteiger partial charge in [-0.2, -0.15) is 0 Å². The number of ether oxygens (including phenoxy) is 1. The SMILES string of the molecule is CCc1ccc(OCC(=O)N[C@@H](NC(=S)Nc2ccc(C)cc2)C(Cl)(Cl)Cl)cc1. The highest BCUT2D eigenvalue weighted by Gasteiger charge is 2.34. The number of thiocarbonyl (C=S) groups is 1. The molecule has 1 amide bonds. The van der Waals surface area contributed by atoms with Crippen LogP contribution in [0.5, 0.6) is 5.75 Å². The second kappa shape index (κ2) is 10.9. The van der Waals surface area contributed by atoms with Crippen molar-refractivity contribution in [2.45, 2.75) is 30.2 Å². The van der Waals surface area contributed by atoms with E-state index in [-0.39, 0.29) is 11.7 Å². The van der Waals surface area contributed by atoms with E-state index in [0.717, 1.165) is 17.7 Å². The van der Waals surface area contributed by atoms with Crippen LogP contribution in [0.2, 0.25) is 0 Å². The van der Waals surface area contributed by atoms with E-state index >= 15 is 0 Å². The molecule has 2 aromatic carbocycles. The van der Waals surface area contributed by atoms with E-state index in [0.29, 0.717) is 5.75 Å². The van der Waals surface area contributed by atoms with Crippen LogP contribution in [0.4, 0.5) is 5.69 Å². The number of hydrogen-bond acceptors (Lipinski definition) is 3. The molecule has 0 radical (unpaired) electrons. The summed E-state index contributed by atoms with van der Waals surface area (Å²) in [7, 11) is 0. The zero-order valence-corrected chi connectivity index (χ0v) is 19.1. The van der Waals surface area contributed by atoms with Crippen molar-refractivity contribution >= 4 is 63.7 Å². The van der Waals surface area contributed by atoms with Gasteiger partial charge in [0.2, 0.25) is 3.79 Å². The summed E-state index contributed by atoms with van der Waals surface area (Å²) in [6, 6.07) is 15.1. The maximum Gasteiger partial charge on any atom is 0.259 e. The monoisotopic (exact) mass is 473 g/mol. The van der Waals surface area contributed by atoms with E-state index < -0.39 is 15.9 Å². The smallest absolute Gasteiger partial charge is 0.259 e. The van der Waals surface area contributed by atoms with Gasteiger partial charge in [-0.1, -0.05) is 71.6 Å². The molecule has 0 aliphatic rings. The predicted molar refractivity (Wildman–Crippen MR) is 124 cm³/mol. The van der Waals surface area contributed by atoms with E-state index in [1.807, 2.05) is 43.3 Å². The lowest BCUT2D eigenvalue weighted by atomic mass is 10.2. The van der Waals surface area contributed by atoms with Crippen LogP contribution in [-0.2, 0) is 11.2 Å². The molecule has 0 aromatic heterocycles. The topological polar surface area (TPSA) is 62.4 Å². The van der Waals surface area contributed by atoms with Gasteiger partial charge in [-0.15, -0.1) is 0 Å². The number of aryl methyl sites for hydroxylation is 2. The summed E-state index contributed by atoms with van der Waals surface area (Å²) in [5.74, 6) is 0.110. The highest BCUT2D eigenvalue weighted by Crippen LogP contribution is 2.29. The third kappa shape index (κ3) is 8.26. The molecular weight excluding hydrogens is 453 g/mol. The van der Waals surface area contributed by atoms with E-state index in [9.17, 15) is 4.79 Å². The first-order chi connectivity index (χ1) is 13.7. The summed E-state index contributed by atoms with van der Waals surface area (Å²) in [5, 5.41) is 8.55. The summed E-state index contributed by atoms with van der Waals surface area (Å²) in [5.41, 5.74) is 3.06. The van der Waals surface area contributed by atoms with Crippen LogP contribution in [0, 0.1) is 6.92 Å². The van der Waals surface area contributed by atoms with Crippen LogP contribution in [0.25, 0.3) is 0 Å². The lowest BCUT2D eigenvalue weighted by Gasteiger charge is -2.27. The van der Waals surface area contributed by atoms with E-state index in [2.05, 4.69) is 22.9 Å². The van der Waals surface area contributed by atoms with Crippen LogP contribution in [-0.4, -0.2) is 27.6 Å². The molecule has 29 heavy (non-hydrogen) atoms. The zero-order valence-electron chi connectivity index (χ0n) is 16.0. The Balaban J connectivity index is 1.90. The molecule has 0 aliphatic carbocycles. The quantitative estimate of drug-likeness (QED) is 0.307. The maximum atomic E-state index is 12.3. The predicted octanol–water partition coefficient (Wildman–Crippen LogP) is 4.74. The first-order valence-corrected chi connectivity index (χ1v) is 10.4. The van der Waals surface area contributed by atoms with Crippen molar-refractivity contribution < 1.29 is 9.53 Å². The van der Waals surface area contributed by atoms with E-state index in [1.54, 1.807) is 12.1 Å². The van der Waals surface area contributed by atoms with Crippen molar-refractivity contribution in [1.29, 1.82) is 0 Å². The molecule has 156 valence electrons. The largest absolute Gasteiger partial charge is 0.484 e. The highest BCUT2D eigenvalue weighted by atomic mass is 35.6. The van der Waals surface area contributed by atoms with Gasteiger partial charge in [0.15, 0.2) is 11.7 Å². The Kier molecular flexibility index (Phi) is 8.83. The third-order valence-corrected chi connectivity index (χ3v) is 4.79. The molecule has 0 bridgehead atoms. The molecule has 2 aromatic rings. The minimum absolute atomic E-state index is 0.196. The summed E-state index contributed by atoms with van der Waals surface area (Å²) < 4.78 is 3.64. The van der Waals surface area contributed by atoms with E-state index in [1.165, 1.54) is 5.56 Å². The number of hydrogen-bond donors (Lipinski definition) is 3. The van der Waals surface area contributed by atoms with E-state index in [4.69, 9.17) is 51.8 Å². The second-order valence-corrected chi connectivity index (χ2v) is 9.07. The lowest BCUT2D eigenvalue weighted by molar-refractivity contribution is -0.123. The number of halogens is 3. The van der Waals surface area contributed by atoms with Crippen LogP contribution in [0.1, 0.15) is 18.1 Å². The normalized spacial score (nSPS) is 12.0. The number of amides is 1. The molecule has 0 spiro atoms. The fraction of sp³-hybridized carbons (Fsp3) is 0.300. The Morgan fingerprint density at radius 3 is 2.24 bits per heavy atom. The van der Waals surface area contributed by atoms with Gasteiger partial charge in [0.1, 0.15) is 11.9 Å². The Labute approximate surface area is 191 Å². The molecule has 1 atom stereocenters. The molecule has 0 heterocycles. The van der Waals surface area contributed by atoms with Crippen molar-refractivity contribution in [2.24, 2.45) is 0 Å². The molecule has 2 rings (SSSR count). The van der Waals surface area contributed by atoms with Crippen molar-refractivity contribution in [2.75, 3.05) is 11.9 Å². The van der Waals surface area contributed by atoms with Gasteiger partial charge in [-0.05, 0) is 55.4 Å². The standard InChI is InChI=1S/C20H22Cl3N3O2S/c1-3-14-6-10-16(11-7-14)28-12-17(27)25-18(20(21,22)23)26-19(29)24-15-8-4-13(2)5-9-15/h4-11,18H,3,12H2,1-2H3,(H,25,27)(H2,24,26,29)/t18-/m0/s1. The number of nitrogens with one attached hydrogen (secondary N) is 3. The average molecular weight is 475 g/mol. The Morgan fingerprint density at radius 2 is 1.69 bits per heavy atom. The van der Waals surface area contributed by atoms with Crippen molar-refractivity contribution in [1.82, 2.24) is 10.6 Å². The van der Waals surface area contributed by atoms with Gasteiger partial charge in [0.05, 0.1) is 0 Å². The van der Waals surface area contributed by atoms with Crippen LogP contribution < -0.4 is 20.7 Å². The van der Waals surface area contributed by atoms with Gasteiger partial charge in [-0.25, -0.2) is 0 Å². The zero-order chi connectivity index (χ0) is 21.4. The molecule has 0 saturated heterocycles. The number of carbonyl (C=O) groups excluding carboxylic acids is 1. The number of alkyl halides is 3.